The van der Waals surface area contributed by atoms with Gasteiger partial charge in [-0.1, -0.05) is 17.7 Å². The first kappa shape index (κ1) is 17.9. The number of hydrogen-bond donors (Lipinski definition) is 3. The molecule has 1 aromatic carbocycles. The molecule has 138 valence electrons. The fourth-order valence-corrected chi connectivity index (χ4v) is 3.20. The molecule has 1 fully saturated rings. The number of nitrogens with one attached hydrogen (secondary N) is 1. The minimum absolute atomic E-state index is 0.0718. The quantitative estimate of drug-likeness (QED) is 0.694. The number of nitrogens with zero attached hydrogens (tertiary/aromatic N) is 2. The number of H-pyrrole nitrogens is 1. The summed E-state index contributed by atoms with van der Waals surface area (Å²) in [5.41, 5.74) is 7.00. The second kappa shape index (κ2) is 7.17. The molecule has 1 aliphatic heterocycles. The molecule has 0 bridgehead atoms. The molecule has 1 unspecified atom stereocenters. The molecule has 0 spiro atoms. The van der Waals surface area contributed by atoms with E-state index in [4.69, 9.17) is 5.73 Å². The van der Waals surface area contributed by atoms with Crippen molar-refractivity contribution in [3.05, 3.63) is 51.4 Å². The minimum atomic E-state index is -0.429. The maximum Gasteiger partial charge on any atom is 0.275 e. The van der Waals surface area contributed by atoms with Crippen molar-refractivity contribution in [3.8, 4) is 5.69 Å². The second-order valence-corrected chi connectivity index (χ2v) is 6.55. The zero-order valence-corrected chi connectivity index (χ0v) is 14.6. The van der Waals surface area contributed by atoms with E-state index in [9.17, 15) is 19.5 Å². The monoisotopic (exact) mass is 358 g/mol. The molecule has 2 aromatic rings. The first-order valence-corrected chi connectivity index (χ1v) is 8.52. The van der Waals surface area contributed by atoms with Gasteiger partial charge in [-0.05, 0) is 25.5 Å². The summed E-state index contributed by atoms with van der Waals surface area (Å²) in [6.45, 7) is 2.34. The SMILES string of the molecule is Cc1ccc(-n2[nH]c(C(=O)N3CCC(C(N)=O)C3)c(CCO)c2=O)cc1. The largest absolute Gasteiger partial charge is 0.396 e. The summed E-state index contributed by atoms with van der Waals surface area (Å²) >= 11 is 0. The normalized spacial score (nSPS) is 16.8. The highest BCUT2D eigenvalue weighted by atomic mass is 16.3. The lowest BCUT2D eigenvalue weighted by Crippen LogP contribution is -2.32. The number of aryl methyl sites for hydroxylation is 1. The number of amides is 2. The van der Waals surface area contributed by atoms with Crippen LogP contribution in [0.15, 0.2) is 29.1 Å². The summed E-state index contributed by atoms with van der Waals surface area (Å²) in [4.78, 5) is 38.5. The number of aliphatic hydroxyl groups is 1. The minimum Gasteiger partial charge on any atom is -0.396 e. The van der Waals surface area contributed by atoms with E-state index in [1.165, 1.54) is 9.58 Å². The number of rotatable bonds is 5. The fourth-order valence-electron chi connectivity index (χ4n) is 3.20. The number of nitrogens with two attached hydrogens (primary N) is 1. The van der Waals surface area contributed by atoms with E-state index >= 15 is 0 Å². The van der Waals surface area contributed by atoms with Crippen LogP contribution in [0.3, 0.4) is 0 Å². The Morgan fingerprint density at radius 1 is 1.31 bits per heavy atom. The van der Waals surface area contributed by atoms with Crippen molar-refractivity contribution in [2.24, 2.45) is 11.7 Å². The highest BCUT2D eigenvalue weighted by Gasteiger charge is 2.32. The number of aromatic nitrogens is 2. The lowest BCUT2D eigenvalue weighted by atomic mass is 10.1. The number of carbonyl (C=O) groups is 2. The van der Waals surface area contributed by atoms with Gasteiger partial charge in [0.2, 0.25) is 5.91 Å². The topological polar surface area (TPSA) is 121 Å². The Morgan fingerprint density at radius 2 is 2.00 bits per heavy atom. The third-order valence-electron chi connectivity index (χ3n) is 4.73. The number of carbonyl (C=O) groups excluding carboxylic acids is 2. The van der Waals surface area contributed by atoms with Crippen LogP contribution in [0, 0.1) is 12.8 Å². The van der Waals surface area contributed by atoms with Crippen molar-refractivity contribution in [3.63, 3.8) is 0 Å². The fraction of sp³-hybridized carbons (Fsp3) is 0.389. The summed E-state index contributed by atoms with van der Waals surface area (Å²) in [6, 6.07) is 7.30. The highest BCUT2D eigenvalue weighted by molar-refractivity contribution is 5.94. The number of aliphatic hydroxyl groups excluding tert-OH is 1. The van der Waals surface area contributed by atoms with Crippen molar-refractivity contribution in [1.82, 2.24) is 14.7 Å². The number of hydrogen-bond acceptors (Lipinski definition) is 4. The molecule has 4 N–H and O–H groups in total. The molecular weight excluding hydrogens is 336 g/mol. The van der Waals surface area contributed by atoms with Crippen molar-refractivity contribution in [1.29, 1.82) is 0 Å². The molecule has 8 nitrogen and oxygen atoms in total. The van der Waals surface area contributed by atoms with Crippen molar-refractivity contribution in [2.45, 2.75) is 19.8 Å². The van der Waals surface area contributed by atoms with Crippen molar-refractivity contribution >= 4 is 11.8 Å². The molecule has 0 radical (unpaired) electrons. The molecule has 26 heavy (non-hydrogen) atoms. The molecule has 0 saturated carbocycles. The summed E-state index contributed by atoms with van der Waals surface area (Å²) in [6.07, 6.45) is 0.585. The lowest BCUT2D eigenvalue weighted by Gasteiger charge is -2.15. The molecular formula is C18H22N4O4. The Bertz CT molecular complexity index is 882. The van der Waals surface area contributed by atoms with E-state index in [2.05, 4.69) is 5.10 Å². The molecule has 1 atom stereocenters. The van der Waals surface area contributed by atoms with E-state index in [0.717, 1.165) is 5.56 Å². The molecule has 1 aliphatic rings. The standard InChI is InChI=1S/C18H22N4O4/c1-11-2-4-13(5-3-11)22-17(25)14(7-9-23)15(20-22)18(26)21-8-6-12(10-21)16(19)24/h2-5,12,20,23H,6-10H2,1H3,(H2,19,24). The van der Waals surface area contributed by atoms with Crippen LogP contribution < -0.4 is 11.3 Å². The molecule has 3 rings (SSSR count). The van der Waals surface area contributed by atoms with Crippen LogP contribution in [0.4, 0.5) is 0 Å². The van der Waals surface area contributed by atoms with E-state index in [-0.39, 0.29) is 48.2 Å². The van der Waals surface area contributed by atoms with Gasteiger partial charge in [-0.3, -0.25) is 19.5 Å². The average molecular weight is 358 g/mol. The average Bonchev–Trinajstić information content (AvgIpc) is 3.22. The van der Waals surface area contributed by atoms with Crippen LogP contribution in [0.25, 0.3) is 5.69 Å². The van der Waals surface area contributed by atoms with Gasteiger partial charge in [0.25, 0.3) is 11.5 Å². The number of likely N-dealkylation sites (tertiary alicyclic amines) is 1. The maximum atomic E-state index is 12.9. The van der Waals surface area contributed by atoms with Crippen LogP contribution in [0.1, 0.15) is 28.0 Å². The predicted molar refractivity (Wildman–Crippen MR) is 95.1 cm³/mol. The van der Waals surface area contributed by atoms with Crippen LogP contribution in [0.2, 0.25) is 0 Å². The van der Waals surface area contributed by atoms with Crippen LogP contribution in [-0.2, 0) is 11.2 Å². The number of benzene rings is 1. The Balaban J connectivity index is 1.97. The molecule has 1 aromatic heterocycles. The van der Waals surface area contributed by atoms with Gasteiger partial charge in [-0.2, -0.15) is 0 Å². The summed E-state index contributed by atoms with van der Waals surface area (Å²) in [7, 11) is 0. The van der Waals surface area contributed by atoms with Gasteiger partial charge >= 0.3 is 0 Å². The lowest BCUT2D eigenvalue weighted by molar-refractivity contribution is -0.121. The van der Waals surface area contributed by atoms with Crippen molar-refractivity contribution < 1.29 is 14.7 Å². The highest BCUT2D eigenvalue weighted by Crippen LogP contribution is 2.19. The van der Waals surface area contributed by atoms with Gasteiger partial charge in [-0.25, -0.2) is 4.68 Å². The van der Waals surface area contributed by atoms with Gasteiger partial charge in [0.1, 0.15) is 5.69 Å². The number of aromatic amines is 1. The second-order valence-electron chi connectivity index (χ2n) is 6.55. The summed E-state index contributed by atoms with van der Waals surface area (Å²) in [5.74, 6) is -1.16. The van der Waals surface area contributed by atoms with E-state index in [1.54, 1.807) is 12.1 Å². The first-order chi connectivity index (χ1) is 12.4. The molecule has 2 amide bonds. The van der Waals surface area contributed by atoms with E-state index < -0.39 is 5.91 Å². The van der Waals surface area contributed by atoms with Crippen LogP contribution in [-0.4, -0.2) is 51.3 Å². The smallest absolute Gasteiger partial charge is 0.275 e. The van der Waals surface area contributed by atoms with Gasteiger partial charge < -0.3 is 15.7 Å². The third kappa shape index (κ3) is 3.28. The van der Waals surface area contributed by atoms with Crippen LogP contribution >= 0.6 is 0 Å². The zero-order valence-electron chi connectivity index (χ0n) is 14.6. The predicted octanol–water partition coefficient (Wildman–Crippen LogP) is -0.0438. The van der Waals surface area contributed by atoms with Gasteiger partial charge in [0.05, 0.1) is 17.2 Å². The van der Waals surface area contributed by atoms with E-state index in [0.29, 0.717) is 18.7 Å². The molecule has 2 heterocycles. The van der Waals surface area contributed by atoms with Crippen molar-refractivity contribution in [2.75, 3.05) is 19.7 Å². The Hall–Kier alpha value is -2.87. The molecule has 1 saturated heterocycles. The van der Waals surface area contributed by atoms with Gasteiger partial charge in [0, 0.05) is 26.1 Å². The number of primary amides is 1. The third-order valence-corrected chi connectivity index (χ3v) is 4.73. The Labute approximate surface area is 150 Å². The van der Waals surface area contributed by atoms with Crippen LogP contribution in [0.5, 0.6) is 0 Å². The van der Waals surface area contributed by atoms with Gasteiger partial charge in [-0.15, -0.1) is 0 Å². The molecule has 0 aliphatic carbocycles. The summed E-state index contributed by atoms with van der Waals surface area (Å²) in [5, 5.41) is 12.2. The molecule has 8 heteroatoms. The first-order valence-electron chi connectivity index (χ1n) is 8.52. The maximum absolute atomic E-state index is 12.9. The summed E-state index contributed by atoms with van der Waals surface area (Å²) < 4.78 is 1.30. The van der Waals surface area contributed by atoms with E-state index in [1.807, 2.05) is 19.1 Å². The zero-order chi connectivity index (χ0) is 18.8. The Kier molecular flexibility index (Phi) is 4.94. The van der Waals surface area contributed by atoms with Gasteiger partial charge in [0.15, 0.2) is 0 Å². The Morgan fingerprint density at radius 3 is 2.58 bits per heavy atom.